The van der Waals surface area contributed by atoms with E-state index in [-0.39, 0.29) is 19.0 Å². The van der Waals surface area contributed by atoms with Crippen LogP contribution in [-0.2, 0) is 6.61 Å². The Morgan fingerprint density at radius 2 is 1.70 bits per heavy atom. The normalized spacial score (nSPS) is 8.50. The van der Waals surface area contributed by atoms with Crippen molar-refractivity contribution in [2.45, 2.75) is 6.61 Å². The van der Waals surface area contributed by atoms with Crippen molar-refractivity contribution in [1.82, 2.24) is 0 Å². The molecule has 56 valence electrons. The lowest BCUT2D eigenvalue weighted by atomic mass is 10.2. The highest BCUT2D eigenvalue weighted by Crippen LogP contribution is 2.03. The van der Waals surface area contributed by atoms with Crippen LogP contribution >= 0.6 is 12.4 Å². The Hall–Kier alpha value is -0.730. The van der Waals surface area contributed by atoms with Crippen molar-refractivity contribution in [2.75, 3.05) is 5.73 Å². The summed E-state index contributed by atoms with van der Waals surface area (Å²) in [5, 5.41) is 8.59. The Labute approximate surface area is 66.1 Å². The molecule has 3 N–H and O–H groups in total. The van der Waals surface area contributed by atoms with Gasteiger partial charge in [0, 0.05) is 5.69 Å². The lowest BCUT2D eigenvalue weighted by Crippen LogP contribution is -1.85. The second-order valence-electron chi connectivity index (χ2n) is 1.90. The lowest BCUT2D eigenvalue weighted by Gasteiger charge is -1.94. The van der Waals surface area contributed by atoms with E-state index in [0.717, 1.165) is 11.3 Å². The number of hydrogen-bond acceptors (Lipinski definition) is 2. The zero-order valence-corrected chi connectivity index (χ0v) is 6.27. The van der Waals surface area contributed by atoms with Gasteiger partial charge >= 0.3 is 0 Å². The number of nitrogen functional groups attached to an aromatic ring is 1. The lowest BCUT2D eigenvalue weighted by molar-refractivity contribution is 0.282. The van der Waals surface area contributed by atoms with Gasteiger partial charge in [-0.2, -0.15) is 0 Å². The Kier molecular flexibility index (Phi) is 3.84. The fourth-order valence-electron chi connectivity index (χ4n) is 0.623. The van der Waals surface area contributed by atoms with Crippen molar-refractivity contribution in [3.8, 4) is 0 Å². The van der Waals surface area contributed by atoms with Crippen molar-refractivity contribution in [3.63, 3.8) is 0 Å². The Morgan fingerprint density at radius 1 is 1.20 bits per heavy atom. The van der Waals surface area contributed by atoms with Crippen LogP contribution in [0.4, 0.5) is 5.69 Å². The van der Waals surface area contributed by atoms with E-state index in [2.05, 4.69) is 0 Å². The van der Waals surface area contributed by atoms with Crippen molar-refractivity contribution in [2.24, 2.45) is 0 Å². The molecule has 0 saturated heterocycles. The van der Waals surface area contributed by atoms with Crippen LogP contribution in [0.5, 0.6) is 0 Å². The SMILES string of the molecule is Cl.Nc1ccc(CO)cc1. The molecular weight excluding hydrogens is 150 g/mol. The number of rotatable bonds is 1. The predicted octanol–water partition coefficient (Wildman–Crippen LogP) is 1.18. The van der Waals surface area contributed by atoms with Gasteiger partial charge in [0.05, 0.1) is 6.61 Å². The molecule has 0 aliphatic rings. The first-order chi connectivity index (χ1) is 4.33. The predicted molar refractivity (Wildman–Crippen MR) is 44.0 cm³/mol. The Morgan fingerprint density at radius 3 is 2.10 bits per heavy atom. The molecule has 0 bridgehead atoms. The molecule has 3 heteroatoms. The maximum Gasteiger partial charge on any atom is 0.0681 e. The number of anilines is 1. The number of nitrogens with two attached hydrogens (primary N) is 1. The number of hydrogen-bond donors (Lipinski definition) is 2. The summed E-state index contributed by atoms with van der Waals surface area (Å²) in [6.45, 7) is 0.0836. The highest BCUT2D eigenvalue weighted by molar-refractivity contribution is 5.85. The van der Waals surface area contributed by atoms with E-state index in [9.17, 15) is 0 Å². The smallest absolute Gasteiger partial charge is 0.0681 e. The van der Waals surface area contributed by atoms with Crippen molar-refractivity contribution >= 4 is 18.1 Å². The van der Waals surface area contributed by atoms with Gasteiger partial charge in [-0.1, -0.05) is 12.1 Å². The third-order valence-corrected chi connectivity index (χ3v) is 1.16. The molecule has 10 heavy (non-hydrogen) atoms. The van der Waals surface area contributed by atoms with Crippen LogP contribution in [0.15, 0.2) is 24.3 Å². The van der Waals surface area contributed by atoms with E-state index in [4.69, 9.17) is 10.8 Å². The van der Waals surface area contributed by atoms with Gasteiger partial charge in [-0.25, -0.2) is 0 Å². The van der Waals surface area contributed by atoms with Gasteiger partial charge in [0.25, 0.3) is 0 Å². The summed E-state index contributed by atoms with van der Waals surface area (Å²) < 4.78 is 0. The summed E-state index contributed by atoms with van der Waals surface area (Å²) in [5.41, 5.74) is 7.02. The van der Waals surface area contributed by atoms with E-state index in [1.165, 1.54) is 0 Å². The highest BCUT2D eigenvalue weighted by Gasteiger charge is 1.86. The molecule has 0 amide bonds. The average Bonchev–Trinajstić information content (AvgIpc) is 1.90. The number of halogens is 1. The van der Waals surface area contributed by atoms with Crippen LogP contribution in [0.3, 0.4) is 0 Å². The minimum Gasteiger partial charge on any atom is -0.399 e. The van der Waals surface area contributed by atoms with E-state index in [1.54, 1.807) is 24.3 Å². The molecule has 0 aliphatic heterocycles. The van der Waals surface area contributed by atoms with Gasteiger partial charge in [0.15, 0.2) is 0 Å². The summed E-state index contributed by atoms with van der Waals surface area (Å²) in [5.74, 6) is 0. The first kappa shape index (κ1) is 9.27. The van der Waals surface area contributed by atoms with Crippen LogP contribution in [0.25, 0.3) is 0 Å². The van der Waals surface area contributed by atoms with Crippen molar-refractivity contribution in [3.05, 3.63) is 29.8 Å². The van der Waals surface area contributed by atoms with E-state index in [1.807, 2.05) is 0 Å². The van der Waals surface area contributed by atoms with E-state index >= 15 is 0 Å². The molecule has 0 aromatic heterocycles. The molecule has 0 unspecified atom stereocenters. The van der Waals surface area contributed by atoms with E-state index in [0.29, 0.717) is 0 Å². The number of benzene rings is 1. The highest BCUT2D eigenvalue weighted by atomic mass is 35.5. The van der Waals surface area contributed by atoms with Gasteiger partial charge in [0.1, 0.15) is 0 Å². The van der Waals surface area contributed by atoms with Crippen LogP contribution < -0.4 is 5.73 Å². The largest absolute Gasteiger partial charge is 0.399 e. The first-order valence-corrected chi connectivity index (χ1v) is 2.78. The molecule has 0 radical (unpaired) electrons. The summed E-state index contributed by atoms with van der Waals surface area (Å²) >= 11 is 0. The van der Waals surface area contributed by atoms with Crippen LogP contribution in [0.2, 0.25) is 0 Å². The third-order valence-electron chi connectivity index (χ3n) is 1.16. The molecule has 0 heterocycles. The number of aliphatic hydroxyl groups is 1. The van der Waals surface area contributed by atoms with Crippen molar-refractivity contribution in [1.29, 1.82) is 0 Å². The zero-order valence-electron chi connectivity index (χ0n) is 5.45. The summed E-state index contributed by atoms with van der Waals surface area (Å²) in [4.78, 5) is 0. The molecule has 1 aromatic rings. The molecule has 1 aromatic carbocycles. The summed E-state index contributed by atoms with van der Waals surface area (Å²) in [6.07, 6.45) is 0. The fraction of sp³-hybridized carbons (Fsp3) is 0.143. The molecular formula is C7H10ClNO. The first-order valence-electron chi connectivity index (χ1n) is 2.78. The molecule has 0 fully saturated rings. The Balaban J connectivity index is 0.000000810. The minimum atomic E-state index is 0. The maximum absolute atomic E-state index is 8.59. The fourth-order valence-corrected chi connectivity index (χ4v) is 0.623. The van der Waals surface area contributed by atoms with Gasteiger partial charge in [-0.05, 0) is 17.7 Å². The van der Waals surface area contributed by atoms with Crippen LogP contribution in [0, 0.1) is 0 Å². The quantitative estimate of drug-likeness (QED) is 0.605. The second kappa shape index (κ2) is 4.14. The van der Waals surface area contributed by atoms with Crippen LogP contribution in [-0.4, -0.2) is 5.11 Å². The molecule has 1 rings (SSSR count). The minimum absolute atomic E-state index is 0. The van der Waals surface area contributed by atoms with Gasteiger partial charge in [-0.3, -0.25) is 0 Å². The Bertz CT molecular complexity index is 185. The standard InChI is InChI=1S/C7H9NO.ClH/c8-7-3-1-6(5-9)2-4-7;/h1-4,9H,5,8H2;1H. The van der Waals surface area contributed by atoms with E-state index < -0.39 is 0 Å². The topological polar surface area (TPSA) is 46.2 Å². The molecule has 0 spiro atoms. The van der Waals surface area contributed by atoms with Gasteiger partial charge in [-0.15, -0.1) is 12.4 Å². The van der Waals surface area contributed by atoms with Crippen LogP contribution in [0.1, 0.15) is 5.56 Å². The second-order valence-corrected chi connectivity index (χ2v) is 1.90. The molecule has 0 aliphatic carbocycles. The van der Waals surface area contributed by atoms with Crippen molar-refractivity contribution < 1.29 is 5.11 Å². The summed E-state index contributed by atoms with van der Waals surface area (Å²) in [7, 11) is 0. The number of aliphatic hydroxyl groups excluding tert-OH is 1. The van der Waals surface area contributed by atoms with Gasteiger partial charge in [0.2, 0.25) is 0 Å². The molecule has 0 saturated carbocycles. The monoisotopic (exact) mass is 159 g/mol. The molecule has 0 atom stereocenters. The molecule has 2 nitrogen and oxygen atoms in total. The third kappa shape index (κ3) is 2.25. The maximum atomic E-state index is 8.59. The average molecular weight is 160 g/mol. The summed E-state index contributed by atoms with van der Waals surface area (Å²) in [6, 6.07) is 7.14. The van der Waals surface area contributed by atoms with Gasteiger partial charge < -0.3 is 10.8 Å². The zero-order chi connectivity index (χ0) is 6.69.